The molecule has 5 nitrogen and oxygen atoms in total. The van der Waals surface area contributed by atoms with E-state index in [1.807, 2.05) is 6.07 Å². The maximum Gasteiger partial charge on any atom is 0.321 e. The second kappa shape index (κ2) is 5.96. The Kier molecular flexibility index (Phi) is 4.27. The number of nitriles is 1. The number of carbonyl (C=O) groups excluding carboxylic acids is 2. The van der Waals surface area contributed by atoms with Crippen LogP contribution >= 0.6 is 0 Å². The van der Waals surface area contributed by atoms with Gasteiger partial charge >= 0.3 is 6.03 Å². The smallest absolute Gasteiger partial charge is 0.321 e. The molecule has 1 saturated heterocycles. The van der Waals surface area contributed by atoms with Crippen molar-refractivity contribution in [2.45, 2.75) is 24.8 Å². The first-order chi connectivity index (χ1) is 10.0. The van der Waals surface area contributed by atoms with Crippen LogP contribution in [0.4, 0.5) is 4.79 Å². The van der Waals surface area contributed by atoms with Crippen LogP contribution in [0.5, 0.6) is 0 Å². The fraction of sp³-hybridized carbons (Fsp3) is 0.438. The van der Waals surface area contributed by atoms with Crippen LogP contribution in [0.15, 0.2) is 30.3 Å². The predicted molar refractivity (Wildman–Crippen MR) is 78.8 cm³/mol. The molecule has 0 saturated carbocycles. The van der Waals surface area contributed by atoms with Gasteiger partial charge in [0.25, 0.3) is 0 Å². The highest BCUT2D eigenvalue weighted by atomic mass is 16.2. The van der Waals surface area contributed by atoms with Gasteiger partial charge in [-0.3, -0.25) is 9.69 Å². The Balaban J connectivity index is 2.44. The van der Waals surface area contributed by atoms with Crippen molar-refractivity contribution in [3.05, 3.63) is 35.9 Å². The van der Waals surface area contributed by atoms with Gasteiger partial charge in [0.1, 0.15) is 0 Å². The molecule has 1 heterocycles. The number of nitrogens with zero attached hydrogens (tertiary/aromatic N) is 3. The number of amides is 2. The molecular formula is C16H19N3O2. The lowest BCUT2D eigenvalue weighted by atomic mass is 9.81. The molecule has 21 heavy (non-hydrogen) atoms. The quantitative estimate of drug-likeness (QED) is 0.783. The zero-order valence-electron chi connectivity index (χ0n) is 12.4. The van der Waals surface area contributed by atoms with E-state index in [1.54, 1.807) is 38.4 Å². The molecule has 0 aliphatic carbocycles. The molecule has 0 N–H and O–H groups in total. The van der Waals surface area contributed by atoms with Gasteiger partial charge in [0, 0.05) is 26.2 Å². The minimum Gasteiger partial charge on any atom is -0.331 e. The number of likely N-dealkylation sites (tertiary alicyclic amines) is 1. The van der Waals surface area contributed by atoms with Crippen LogP contribution < -0.4 is 0 Å². The standard InChI is InChI=1S/C16H19N3O2/c1-18(2)15(21)19-11-7-6-10-16(19,12-17)14(20)13-8-4-3-5-9-13/h3-5,8-9H,6-7,10-11H2,1-2H3/t16-/m1/s1. The van der Waals surface area contributed by atoms with E-state index in [0.717, 1.165) is 12.8 Å². The number of hydrogen-bond acceptors (Lipinski definition) is 3. The zero-order chi connectivity index (χ0) is 15.5. The summed E-state index contributed by atoms with van der Waals surface area (Å²) in [5.41, 5.74) is -0.918. The number of carbonyl (C=O) groups is 2. The molecule has 1 aromatic rings. The van der Waals surface area contributed by atoms with Crippen LogP contribution in [0.25, 0.3) is 0 Å². The van der Waals surface area contributed by atoms with E-state index in [1.165, 1.54) is 9.80 Å². The fourth-order valence-electron chi connectivity index (χ4n) is 2.71. The maximum atomic E-state index is 12.9. The molecule has 1 fully saturated rings. The third kappa shape index (κ3) is 2.62. The van der Waals surface area contributed by atoms with Crippen LogP contribution in [-0.2, 0) is 0 Å². The van der Waals surface area contributed by atoms with Crippen LogP contribution in [0.2, 0.25) is 0 Å². The highest BCUT2D eigenvalue weighted by Crippen LogP contribution is 2.32. The molecule has 0 radical (unpaired) electrons. The van der Waals surface area contributed by atoms with Gasteiger partial charge in [0.2, 0.25) is 5.78 Å². The number of urea groups is 1. The summed E-state index contributed by atoms with van der Waals surface area (Å²) >= 11 is 0. The average Bonchev–Trinajstić information content (AvgIpc) is 2.54. The summed E-state index contributed by atoms with van der Waals surface area (Å²) in [4.78, 5) is 28.0. The van der Waals surface area contributed by atoms with Crippen molar-refractivity contribution in [2.75, 3.05) is 20.6 Å². The van der Waals surface area contributed by atoms with E-state index in [0.29, 0.717) is 18.5 Å². The van der Waals surface area contributed by atoms with E-state index < -0.39 is 5.54 Å². The average molecular weight is 285 g/mol. The van der Waals surface area contributed by atoms with E-state index >= 15 is 0 Å². The molecule has 1 atom stereocenters. The van der Waals surface area contributed by atoms with Crippen LogP contribution in [-0.4, -0.2) is 47.8 Å². The minimum atomic E-state index is -1.39. The number of rotatable bonds is 2. The normalized spacial score (nSPS) is 21.5. The molecule has 0 aromatic heterocycles. The highest BCUT2D eigenvalue weighted by Gasteiger charge is 2.49. The molecule has 2 amide bonds. The number of hydrogen-bond donors (Lipinski definition) is 0. The highest BCUT2D eigenvalue weighted by molar-refractivity contribution is 6.07. The van der Waals surface area contributed by atoms with Crippen molar-refractivity contribution < 1.29 is 9.59 Å². The lowest BCUT2D eigenvalue weighted by Crippen LogP contribution is -2.60. The van der Waals surface area contributed by atoms with Crippen LogP contribution in [0.1, 0.15) is 29.6 Å². The first kappa shape index (κ1) is 15.0. The Morgan fingerprint density at radius 1 is 1.24 bits per heavy atom. The number of Topliss-reactive ketones (excluding diaryl/α,β-unsaturated/α-hetero) is 1. The third-order valence-electron chi connectivity index (χ3n) is 3.84. The maximum absolute atomic E-state index is 12.9. The van der Waals surface area contributed by atoms with Crippen molar-refractivity contribution in [3.8, 4) is 6.07 Å². The molecule has 1 aliphatic heterocycles. The van der Waals surface area contributed by atoms with Gasteiger partial charge in [-0.05, 0) is 19.3 Å². The Labute approximate surface area is 124 Å². The van der Waals surface area contributed by atoms with Gasteiger partial charge in [-0.25, -0.2) is 4.79 Å². The molecule has 5 heteroatoms. The largest absolute Gasteiger partial charge is 0.331 e. The number of benzene rings is 1. The minimum absolute atomic E-state index is 0.291. The SMILES string of the molecule is CN(C)C(=O)N1CCCC[C@@]1(C#N)C(=O)c1ccccc1. The van der Waals surface area contributed by atoms with Crippen LogP contribution in [0, 0.1) is 11.3 Å². The van der Waals surface area contributed by atoms with Crippen molar-refractivity contribution in [3.63, 3.8) is 0 Å². The second-order valence-electron chi connectivity index (χ2n) is 5.45. The molecule has 0 spiro atoms. The molecule has 1 aliphatic rings. The molecule has 0 bridgehead atoms. The molecular weight excluding hydrogens is 266 g/mol. The van der Waals surface area contributed by atoms with Gasteiger partial charge in [0.15, 0.2) is 5.54 Å². The van der Waals surface area contributed by atoms with Crippen molar-refractivity contribution >= 4 is 11.8 Å². The Morgan fingerprint density at radius 2 is 1.90 bits per heavy atom. The Morgan fingerprint density at radius 3 is 2.48 bits per heavy atom. The van der Waals surface area contributed by atoms with Gasteiger partial charge in [-0.2, -0.15) is 5.26 Å². The third-order valence-corrected chi connectivity index (χ3v) is 3.84. The zero-order valence-corrected chi connectivity index (χ0v) is 12.4. The summed E-state index contributed by atoms with van der Waals surface area (Å²) in [5.74, 6) is -0.291. The van der Waals surface area contributed by atoms with Crippen molar-refractivity contribution in [1.29, 1.82) is 5.26 Å². The topological polar surface area (TPSA) is 64.4 Å². The predicted octanol–water partition coefficient (Wildman–Crippen LogP) is 2.30. The molecule has 2 rings (SSSR count). The molecule has 110 valence electrons. The first-order valence-electron chi connectivity index (χ1n) is 7.03. The Bertz CT molecular complexity index is 577. The summed E-state index contributed by atoms with van der Waals surface area (Å²) < 4.78 is 0. The fourth-order valence-corrected chi connectivity index (χ4v) is 2.71. The lowest BCUT2D eigenvalue weighted by molar-refractivity contribution is 0.0616. The first-order valence-corrected chi connectivity index (χ1v) is 7.03. The summed E-state index contributed by atoms with van der Waals surface area (Å²) in [5, 5.41) is 9.69. The van der Waals surface area contributed by atoms with Gasteiger partial charge in [-0.15, -0.1) is 0 Å². The summed E-state index contributed by atoms with van der Waals surface area (Å²) in [6.07, 6.45) is 1.96. The van der Waals surface area contributed by atoms with Gasteiger partial charge < -0.3 is 4.90 Å². The summed E-state index contributed by atoms with van der Waals surface area (Å²) in [7, 11) is 3.26. The Hall–Kier alpha value is -2.35. The van der Waals surface area contributed by atoms with Crippen LogP contribution in [0.3, 0.4) is 0 Å². The van der Waals surface area contributed by atoms with E-state index in [9.17, 15) is 14.9 Å². The van der Waals surface area contributed by atoms with E-state index in [2.05, 4.69) is 6.07 Å². The molecule has 0 unspecified atom stereocenters. The molecule has 1 aromatic carbocycles. The van der Waals surface area contributed by atoms with E-state index in [4.69, 9.17) is 0 Å². The van der Waals surface area contributed by atoms with Gasteiger partial charge in [-0.1, -0.05) is 30.3 Å². The number of piperidine rings is 1. The van der Waals surface area contributed by atoms with Crippen molar-refractivity contribution in [1.82, 2.24) is 9.80 Å². The van der Waals surface area contributed by atoms with E-state index in [-0.39, 0.29) is 11.8 Å². The monoisotopic (exact) mass is 285 g/mol. The lowest BCUT2D eigenvalue weighted by Gasteiger charge is -2.42. The number of ketones is 1. The summed E-state index contributed by atoms with van der Waals surface area (Å²) in [6.45, 7) is 0.434. The summed E-state index contributed by atoms with van der Waals surface area (Å²) in [6, 6.07) is 10.6. The second-order valence-corrected chi connectivity index (χ2v) is 5.45. The van der Waals surface area contributed by atoms with Gasteiger partial charge in [0.05, 0.1) is 6.07 Å². The van der Waals surface area contributed by atoms with Crippen molar-refractivity contribution in [2.24, 2.45) is 0 Å².